The molecule has 0 unspecified atom stereocenters. The molecule has 6 heteroatoms. The van der Waals surface area contributed by atoms with Gasteiger partial charge in [-0.25, -0.2) is 0 Å². The quantitative estimate of drug-likeness (QED) is 0.313. The number of esters is 1. The molecule has 27 heavy (non-hydrogen) atoms. The summed E-state index contributed by atoms with van der Waals surface area (Å²) in [6.07, 6.45) is 3.55. The lowest BCUT2D eigenvalue weighted by molar-refractivity contribution is -0.140. The zero-order valence-electron chi connectivity index (χ0n) is 15.2. The SMILES string of the molecule is Cl.N=C(N)NCC1CCC(C(=O)Oc2ccc(-c3ccccc3)cc2)CC1. The van der Waals surface area contributed by atoms with Crippen LogP contribution in [0.15, 0.2) is 54.6 Å². The molecule has 0 bridgehead atoms. The van der Waals surface area contributed by atoms with E-state index in [-0.39, 0.29) is 30.3 Å². The van der Waals surface area contributed by atoms with Crippen molar-refractivity contribution in [3.8, 4) is 16.9 Å². The van der Waals surface area contributed by atoms with Crippen molar-refractivity contribution in [3.63, 3.8) is 0 Å². The van der Waals surface area contributed by atoms with Gasteiger partial charge in [-0.3, -0.25) is 10.2 Å². The van der Waals surface area contributed by atoms with E-state index < -0.39 is 0 Å². The van der Waals surface area contributed by atoms with Crippen LogP contribution in [0.1, 0.15) is 25.7 Å². The van der Waals surface area contributed by atoms with Crippen molar-refractivity contribution in [1.82, 2.24) is 5.32 Å². The van der Waals surface area contributed by atoms with E-state index in [1.54, 1.807) is 0 Å². The molecule has 2 aromatic rings. The first-order chi connectivity index (χ1) is 12.6. The minimum Gasteiger partial charge on any atom is -0.426 e. The Balaban J connectivity index is 0.00000261. The number of hydrogen-bond acceptors (Lipinski definition) is 3. The molecule has 1 aliphatic carbocycles. The predicted octanol–water partition coefficient (Wildman–Crippen LogP) is 3.97. The van der Waals surface area contributed by atoms with Crippen molar-refractivity contribution < 1.29 is 9.53 Å². The Kier molecular flexibility index (Phi) is 7.67. The van der Waals surface area contributed by atoms with Gasteiger partial charge < -0.3 is 15.8 Å². The third-order valence-corrected chi connectivity index (χ3v) is 4.94. The molecular formula is C21H26ClN3O2. The first-order valence-corrected chi connectivity index (χ1v) is 9.07. The van der Waals surface area contributed by atoms with Crippen molar-refractivity contribution in [3.05, 3.63) is 54.6 Å². The summed E-state index contributed by atoms with van der Waals surface area (Å²) in [5.74, 6) is 0.876. The van der Waals surface area contributed by atoms with E-state index in [2.05, 4.69) is 17.4 Å². The second-order valence-corrected chi connectivity index (χ2v) is 6.82. The fraction of sp³-hybridized carbons (Fsp3) is 0.333. The van der Waals surface area contributed by atoms with Crippen molar-refractivity contribution in [2.24, 2.45) is 17.6 Å². The summed E-state index contributed by atoms with van der Waals surface area (Å²) in [5, 5.41) is 10.1. The van der Waals surface area contributed by atoms with Crippen molar-refractivity contribution in [2.45, 2.75) is 25.7 Å². The molecule has 3 rings (SSSR count). The normalized spacial score (nSPS) is 18.8. The number of guanidine groups is 1. The van der Waals surface area contributed by atoms with E-state index in [1.165, 1.54) is 0 Å². The Hall–Kier alpha value is -2.53. The van der Waals surface area contributed by atoms with Crippen LogP contribution in [0.5, 0.6) is 5.75 Å². The molecule has 2 aromatic carbocycles. The molecule has 1 aliphatic rings. The fourth-order valence-corrected chi connectivity index (χ4v) is 3.40. The van der Waals surface area contributed by atoms with Crippen LogP contribution in [-0.2, 0) is 4.79 Å². The van der Waals surface area contributed by atoms with Crippen LogP contribution < -0.4 is 15.8 Å². The van der Waals surface area contributed by atoms with Gasteiger partial charge in [-0.05, 0) is 54.9 Å². The molecule has 0 spiro atoms. The highest BCUT2D eigenvalue weighted by molar-refractivity contribution is 5.85. The molecule has 4 N–H and O–H groups in total. The van der Waals surface area contributed by atoms with Crippen LogP contribution in [0.25, 0.3) is 11.1 Å². The molecule has 0 radical (unpaired) electrons. The Bertz CT molecular complexity index is 742. The summed E-state index contributed by atoms with van der Waals surface area (Å²) in [6.45, 7) is 0.706. The number of halogens is 1. The minimum atomic E-state index is -0.143. The number of rotatable bonds is 5. The average molecular weight is 388 g/mol. The number of ether oxygens (including phenoxy) is 1. The van der Waals surface area contributed by atoms with E-state index in [4.69, 9.17) is 15.9 Å². The number of benzene rings is 2. The van der Waals surface area contributed by atoms with Crippen molar-refractivity contribution in [2.75, 3.05) is 6.54 Å². The van der Waals surface area contributed by atoms with Crippen LogP contribution in [0.3, 0.4) is 0 Å². The van der Waals surface area contributed by atoms with Gasteiger partial charge in [0.25, 0.3) is 0 Å². The maximum Gasteiger partial charge on any atom is 0.314 e. The first kappa shape index (κ1) is 20.8. The average Bonchev–Trinajstić information content (AvgIpc) is 2.68. The monoisotopic (exact) mass is 387 g/mol. The summed E-state index contributed by atoms with van der Waals surface area (Å²) >= 11 is 0. The first-order valence-electron chi connectivity index (χ1n) is 9.07. The molecule has 0 amide bonds. The lowest BCUT2D eigenvalue weighted by atomic mass is 9.82. The van der Waals surface area contributed by atoms with Crippen LogP contribution in [-0.4, -0.2) is 18.5 Å². The topological polar surface area (TPSA) is 88.2 Å². The Morgan fingerprint density at radius 2 is 1.59 bits per heavy atom. The summed E-state index contributed by atoms with van der Waals surface area (Å²) in [5.41, 5.74) is 7.56. The summed E-state index contributed by atoms with van der Waals surface area (Å²) in [4.78, 5) is 12.4. The molecule has 0 aromatic heterocycles. The molecule has 5 nitrogen and oxygen atoms in total. The highest BCUT2D eigenvalue weighted by Gasteiger charge is 2.27. The molecule has 1 saturated carbocycles. The summed E-state index contributed by atoms with van der Waals surface area (Å²) in [6, 6.07) is 17.8. The second kappa shape index (κ2) is 9.97. The summed E-state index contributed by atoms with van der Waals surface area (Å²) < 4.78 is 5.57. The number of carbonyl (C=O) groups excluding carboxylic acids is 1. The Morgan fingerprint density at radius 3 is 2.19 bits per heavy atom. The number of carbonyl (C=O) groups is 1. The van der Waals surface area contributed by atoms with E-state index in [1.807, 2.05) is 42.5 Å². The van der Waals surface area contributed by atoms with E-state index in [0.29, 0.717) is 18.2 Å². The lowest BCUT2D eigenvalue weighted by Gasteiger charge is -2.27. The van der Waals surface area contributed by atoms with Gasteiger partial charge in [0.15, 0.2) is 5.96 Å². The molecule has 0 saturated heterocycles. The highest BCUT2D eigenvalue weighted by Crippen LogP contribution is 2.30. The summed E-state index contributed by atoms with van der Waals surface area (Å²) in [7, 11) is 0. The van der Waals surface area contributed by atoms with Gasteiger partial charge in [-0.15, -0.1) is 12.4 Å². The molecule has 1 fully saturated rings. The minimum absolute atomic E-state index is 0. The second-order valence-electron chi connectivity index (χ2n) is 6.82. The Labute approximate surface area is 166 Å². The molecule has 0 heterocycles. The molecule has 0 atom stereocenters. The Morgan fingerprint density at radius 1 is 1.00 bits per heavy atom. The van der Waals surface area contributed by atoms with E-state index in [9.17, 15) is 4.79 Å². The van der Waals surface area contributed by atoms with Crippen LogP contribution in [0.4, 0.5) is 0 Å². The van der Waals surface area contributed by atoms with Crippen LogP contribution >= 0.6 is 12.4 Å². The smallest absolute Gasteiger partial charge is 0.314 e. The third kappa shape index (κ3) is 6.00. The lowest BCUT2D eigenvalue weighted by Crippen LogP contribution is -2.36. The predicted molar refractivity (Wildman–Crippen MR) is 110 cm³/mol. The van der Waals surface area contributed by atoms with Gasteiger partial charge >= 0.3 is 5.97 Å². The van der Waals surface area contributed by atoms with Gasteiger partial charge in [0.2, 0.25) is 0 Å². The van der Waals surface area contributed by atoms with E-state index >= 15 is 0 Å². The molecule has 0 aliphatic heterocycles. The number of hydrogen-bond donors (Lipinski definition) is 3. The highest BCUT2D eigenvalue weighted by atomic mass is 35.5. The number of nitrogens with two attached hydrogens (primary N) is 1. The van der Waals surface area contributed by atoms with Gasteiger partial charge in [0, 0.05) is 6.54 Å². The zero-order valence-corrected chi connectivity index (χ0v) is 16.0. The standard InChI is InChI=1S/C21H25N3O2.ClH/c22-21(23)24-14-15-6-8-18(9-7-15)20(25)26-19-12-10-17(11-13-19)16-4-2-1-3-5-16;/h1-5,10-13,15,18H,6-9,14H2,(H4,22,23,24);1H. The zero-order chi connectivity index (χ0) is 18.4. The van der Waals surface area contributed by atoms with E-state index in [0.717, 1.165) is 36.8 Å². The largest absolute Gasteiger partial charge is 0.426 e. The maximum absolute atomic E-state index is 12.4. The van der Waals surface area contributed by atoms with Gasteiger partial charge in [0.05, 0.1) is 5.92 Å². The van der Waals surface area contributed by atoms with Crippen molar-refractivity contribution >= 4 is 24.3 Å². The molecular weight excluding hydrogens is 362 g/mol. The van der Waals surface area contributed by atoms with Gasteiger partial charge in [-0.1, -0.05) is 42.5 Å². The van der Waals surface area contributed by atoms with Gasteiger partial charge in [-0.2, -0.15) is 0 Å². The molecule has 144 valence electrons. The van der Waals surface area contributed by atoms with Crippen LogP contribution in [0.2, 0.25) is 0 Å². The maximum atomic E-state index is 12.4. The van der Waals surface area contributed by atoms with Crippen molar-refractivity contribution in [1.29, 1.82) is 5.41 Å². The van der Waals surface area contributed by atoms with Gasteiger partial charge in [0.1, 0.15) is 5.75 Å². The van der Waals surface area contributed by atoms with Crippen LogP contribution in [0, 0.1) is 17.2 Å². The number of nitrogens with one attached hydrogen (secondary N) is 2. The third-order valence-electron chi connectivity index (χ3n) is 4.94. The fourth-order valence-electron chi connectivity index (χ4n) is 3.40.